The summed E-state index contributed by atoms with van der Waals surface area (Å²) < 4.78 is 0. The Hall–Kier alpha value is -0.150. The van der Waals surface area contributed by atoms with Crippen LogP contribution in [0.15, 0.2) is 0 Å². The highest BCUT2D eigenvalue weighted by molar-refractivity contribution is 7.80. The lowest BCUT2D eigenvalue weighted by Crippen LogP contribution is -2.51. The van der Waals surface area contributed by atoms with Crippen molar-refractivity contribution in [3.05, 3.63) is 0 Å². The maximum Gasteiger partial charge on any atom is 0.0751 e. The van der Waals surface area contributed by atoms with E-state index in [-0.39, 0.29) is 0 Å². The molecule has 1 atom stereocenters. The Balaban J connectivity index is 2.47. The van der Waals surface area contributed by atoms with Gasteiger partial charge in [-0.25, -0.2) is 0 Å². The van der Waals surface area contributed by atoms with Gasteiger partial charge in [-0.05, 0) is 13.8 Å². The molecule has 1 saturated heterocycles. The fourth-order valence-corrected chi connectivity index (χ4v) is 1.58. The predicted octanol–water partition coefficient (Wildman–Crippen LogP) is 0.627. The molecule has 0 aromatic rings. The van der Waals surface area contributed by atoms with Crippen molar-refractivity contribution in [1.82, 2.24) is 10.2 Å². The summed E-state index contributed by atoms with van der Waals surface area (Å²) in [5.74, 6) is 0. The lowest BCUT2D eigenvalue weighted by molar-refractivity contribution is 0.277. The molecule has 2 nitrogen and oxygen atoms in total. The molecule has 1 N–H and O–H groups in total. The zero-order valence-electron chi connectivity index (χ0n) is 6.55. The zero-order valence-corrected chi connectivity index (χ0v) is 7.37. The van der Waals surface area contributed by atoms with Crippen molar-refractivity contribution < 1.29 is 0 Å². The van der Waals surface area contributed by atoms with Crippen LogP contribution in [0.5, 0.6) is 0 Å². The molecule has 1 aliphatic rings. The summed E-state index contributed by atoms with van der Waals surface area (Å²) in [5.41, 5.74) is 0. The summed E-state index contributed by atoms with van der Waals surface area (Å²) >= 11 is 5.09. The van der Waals surface area contributed by atoms with E-state index in [4.69, 9.17) is 12.2 Å². The largest absolute Gasteiger partial charge is 0.361 e. The van der Waals surface area contributed by atoms with Gasteiger partial charge in [-0.1, -0.05) is 12.2 Å². The Morgan fingerprint density at radius 3 is 2.80 bits per heavy atom. The standard InChI is InChI=1S/C7H14N2S/c1-6-5-8-3-4-9(6)7(2)10/h6,8H,3-5H2,1-2H3. The lowest BCUT2D eigenvalue weighted by atomic mass is 10.2. The summed E-state index contributed by atoms with van der Waals surface area (Å²) in [5, 5.41) is 3.32. The van der Waals surface area contributed by atoms with Crippen LogP contribution >= 0.6 is 12.2 Å². The van der Waals surface area contributed by atoms with Gasteiger partial charge in [0, 0.05) is 25.7 Å². The number of hydrogen-bond donors (Lipinski definition) is 1. The van der Waals surface area contributed by atoms with Crippen LogP contribution in [0.25, 0.3) is 0 Å². The van der Waals surface area contributed by atoms with Crippen LogP contribution in [0.3, 0.4) is 0 Å². The molecule has 0 radical (unpaired) electrons. The number of thiocarbonyl (C=S) groups is 1. The first-order chi connectivity index (χ1) is 4.72. The van der Waals surface area contributed by atoms with Gasteiger partial charge in [0.25, 0.3) is 0 Å². The van der Waals surface area contributed by atoms with Gasteiger partial charge in [-0.2, -0.15) is 0 Å². The number of nitrogens with one attached hydrogen (secondary N) is 1. The lowest BCUT2D eigenvalue weighted by Gasteiger charge is -2.34. The van der Waals surface area contributed by atoms with E-state index in [0.717, 1.165) is 24.6 Å². The molecule has 0 bridgehead atoms. The van der Waals surface area contributed by atoms with E-state index in [2.05, 4.69) is 17.1 Å². The van der Waals surface area contributed by atoms with Crippen molar-refractivity contribution >= 4 is 17.2 Å². The third-order valence-electron chi connectivity index (χ3n) is 1.91. The van der Waals surface area contributed by atoms with Gasteiger partial charge in [-0.3, -0.25) is 0 Å². The first-order valence-corrected chi connectivity index (χ1v) is 4.10. The van der Waals surface area contributed by atoms with Crippen molar-refractivity contribution in [3.63, 3.8) is 0 Å². The van der Waals surface area contributed by atoms with Gasteiger partial charge in [0.2, 0.25) is 0 Å². The van der Waals surface area contributed by atoms with E-state index in [0.29, 0.717) is 6.04 Å². The predicted molar refractivity (Wildman–Crippen MR) is 47.3 cm³/mol. The van der Waals surface area contributed by atoms with Crippen LogP contribution < -0.4 is 5.32 Å². The average molecular weight is 158 g/mol. The topological polar surface area (TPSA) is 15.3 Å². The summed E-state index contributed by atoms with van der Waals surface area (Å²) in [6, 6.07) is 0.575. The van der Waals surface area contributed by atoms with E-state index in [1.165, 1.54) is 0 Å². The first-order valence-electron chi connectivity index (χ1n) is 3.69. The minimum absolute atomic E-state index is 0.575. The van der Waals surface area contributed by atoms with Gasteiger partial charge in [0.1, 0.15) is 0 Å². The highest BCUT2D eigenvalue weighted by atomic mass is 32.1. The van der Waals surface area contributed by atoms with Crippen LogP contribution in [-0.4, -0.2) is 35.6 Å². The van der Waals surface area contributed by atoms with Crippen molar-refractivity contribution in [2.75, 3.05) is 19.6 Å². The second kappa shape index (κ2) is 3.30. The molecule has 1 aliphatic heterocycles. The minimum Gasteiger partial charge on any atom is -0.361 e. The molecule has 3 heteroatoms. The molecule has 1 fully saturated rings. The normalized spacial score (nSPS) is 26.6. The molecule has 1 heterocycles. The van der Waals surface area contributed by atoms with Gasteiger partial charge in [0.05, 0.1) is 4.99 Å². The Kier molecular flexibility index (Phi) is 2.63. The molecule has 0 aliphatic carbocycles. The summed E-state index contributed by atoms with van der Waals surface area (Å²) in [4.78, 5) is 3.29. The van der Waals surface area contributed by atoms with Gasteiger partial charge in [-0.15, -0.1) is 0 Å². The quantitative estimate of drug-likeness (QED) is 0.520. The van der Waals surface area contributed by atoms with E-state index in [1.807, 2.05) is 6.92 Å². The summed E-state index contributed by atoms with van der Waals surface area (Å²) in [6.45, 7) is 7.39. The number of nitrogens with zero attached hydrogens (tertiary/aromatic N) is 1. The second-order valence-electron chi connectivity index (χ2n) is 2.77. The van der Waals surface area contributed by atoms with Gasteiger partial charge >= 0.3 is 0 Å². The second-order valence-corrected chi connectivity index (χ2v) is 3.36. The van der Waals surface area contributed by atoms with Crippen molar-refractivity contribution in [2.45, 2.75) is 19.9 Å². The highest BCUT2D eigenvalue weighted by Crippen LogP contribution is 2.02. The summed E-state index contributed by atoms with van der Waals surface area (Å²) in [7, 11) is 0. The van der Waals surface area contributed by atoms with Gasteiger partial charge in [0.15, 0.2) is 0 Å². The summed E-state index contributed by atoms with van der Waals surface area (Å²) in [6.07, 6.45) is 0. The molecule has 0 aromatic heterocycles. The van der Waals surface area contributed by atoms with Crippen molar-refractivity contribution in [2.24, 2.45) is 0 Å². The van der Waals surface area contributed by atoms with Crippen molar-refractivity contribution in [3.8, 4) is 0 Å². The number of rotatable bonds is 0. The number of piperazine rings is 1. The molecule has 58 valence electrons. The van der Waals surface area contributed by atoms with Crippen LogP contribution in [0.4, 0.5) is 0 Å². The Morgan fingerprint density at radius 1 is 1.70 bits per heavy atom. The first kappa shape index (κ1) is 7.95. The van der Waals surface area contributed by atoms with Crippen LogP contribution in [0, 0.1) is 0 Å². The van der Waals surface area contributed by atoms with E-state index < -0.39 is 0 Å². The maximum atomic E-state index is 5.09. The van der Waals surface area contributed by atoms with E-state index >= 15 is 0 Å². The number of hydrogen-bond acceptors (Lipinski definition) is 2. The van der Waals surface area contributed by atoms with Crippen LogP contribution in [0.2, 0.25) is 0 Å². The van der Waals surface area contributed by atoms with Gasteiger partial charge < -0.3 is 10.2 Å². The molecule has 0 saturated carbocycles. The molecular weight excluding hydrogens is 144 g/mol. The highest BCUT2D eigenvalue weighted by Gasteiger charge is 2.16. The Morgan fingerprint density at radius 2 is 2.40 bits per heavy atom. The Bertz CT molecular complexity index is 136. The fourth-order valence-electron chi connectivity index (χ4n) is 1.31. The molecule has 0 aromatic carbocycles. The molecule has 0 spiro atoms. The average Bonchev–Trinajstić information content (AvgIpc) is 1.88. The monoisotopic (exact) mass is 158 g/mol. The SMILES string of the molecule is CC(=S)N1CCNCC1C. The van der Waals surface area contributed by atoms with Crippen LogP contribution in [0.1, 0.15) is 13.8 Å². The molecule has 1 rings (SSSR count). The van der Waals surface area contributed by atoms with E-state index in [1.54, 1.807) is 0 Å². The zero-order chi connectivity index (χ0) is 7.56. The van der Waals surface area contributed by atoms with E-state index in [9.17, 15) is 0 Å². The third kappa shape index (κ3) is 1.67. The van der Waals surface area contributed by atoms with Crippen LogP contribution in [-0.2, 0) is 0 Å². The fraction of sp³-hybridized carbons (Fsp3) is 0.857. The third-order valence-corrected chi connectivity index (χ3v) is 2.14. The molecule has 0 amide bonds. The molecule has 10 heavy (non-hydrogen) atoms. The van der Waals surface area contributed by atoms with Crippen molar-refractivity contribution in [1.29, 1.82) is 0 Å². The molecular formula is C7H14N2S. The smallest absolute Gasteiger partial charge is 0.0751 e. The minimum atomic E-state index is 0.575. The maximum absolute atomic E-state index is 5.09. The Labute approximate surface area is 67.6 Å². The molecule has 1 unspecified atom stereocenters.